The van der Waals surface area contributed by atoms with Gasteiger partial charge in [-0.1, -0.05) is 18.0 Å². The number of unbranched alkanes of at least 4 members (excludes halogenated alkanes) is 2. The fourth-order valence-corrected chi connectivity index (χ4v) is 4.05. The van der Waals surface area contributed by atoms with Crippen molar-refractivity contribution >= 4 is 16.6 Å². The number of fused-ring (bicyclic) bond motifs is 1. The molecule has 178 valence electrons. The maximum atomic E-state index is 12.7. The standard InChI is InChI=1S/C25H29N5O4/c1-3-30-11-9-16-13-18(23(33-2)14-17(16)25(30)32)21-15-27-24(28-21)19(26)7-5-4-6-8-22(31)20-10-12-34-29-20/h9-15,19H,3-8,26H2,1-2H3,(H,27,28)/t19-/m0/s1. The molecule has 1 atom stereocenters. The van der Waals surface area contributed by atoms with Crippen LogP contribution in [0.4, 0.5) is 0 Å². The topological polar surface area (TPSA) is 129 Å². The molecule has 3 heterocycles. The predicted molar refractivity (Wildman–Crippen MR) is 129 cm³/mol. The van der Waals surface area contributed by atoms with Crippen LogP contribution in [-0.4, -0.2) is 32.6 Å². The van der Waals surface area contributed by atoms with Gasteiger partial charge in [-0.05, 0) is 43.4 Å². The zero-order valence-electron chi connectivity index (χ0n) is 19.4. The molecule has 0 bridgehead atoms. The molecule has 9 nitrogen and oxygen atoms in total. The number of hydrogen-bond donors (Lipinski definition) is 2. The highest BCUT2D eigenvalue weighted by molar-refractivity contribution is 5.93. The van der Waals surface area contributed by atoms with E-state index in [1.165, 1.54) is 6.26 Å². The number of aromatic nitrogens is 4. The Bertz CT molecular complexity index is 1320. The van der Waals surface area contributed by atoms with Gasteiger partial charge in [0, 0.05) is 30.8 Å². The molecule has 9 heteroatoms. The van der Waals surface area contributed by atoms with Gasteiger partial charge in [0.25, 0.3) is 5.56 Å². The van der Waals surface area contributed by atoms with E-state index in [1.807, 2.05) is 19.1 Å². The lowest BCUT2D eigenvalue weighted by atomic mass is 10.0. The normalized spacial score (nSPS) is 12.2. The lowest BCUT2D eigenvalue weighted by Crippen LogP contribution is -2.18. The van der Waals surface area contributed by atoms with E-state index >= 15 is 0 Å². The second-order valence-corrected chi connectivity index (χ2v) is 8.24. The summed E-state index contributed by atoms with van der Waals surface area (Å²) < 4.78 is 12.0. The molecule has 1 aromatic carbocycles. The molecule has 0 radical (unpaired) electrons. The van der Waals surface area contributed by atoms with Gasteiger partial charge in [-0.25, -0.2) is 4.98 Å². The maximum Gasteiger partial charge on any atom is 0.258 e. The van der Waals surface area contributed by atoms with Gasteiger partial charge in [-0.2, -0.15) is 0 Å². The maximum absolute atomic E-state index is 12.7. The predicted octanol–water partition coefficient (Wildman–Crippen LogP) is 4.24. The molecule has 0 aliphatic heterocycles. The second kappa shape index (κ2) is 10.5. The first kappa shape index (κ1) is 23.4. The van der Waals surface area contributed by atoms with Gasteiger partial charge in [0.15, 0.2) is 5.78 Å². The molecule has 0 spiro atoms. The van der Waals surface area contributed by atoms with Gasteiger partial charge in [0.05, 0.1) is 30.4 Å². The number of aromatic amines is 1. The third-order valence-corrected chi connectivity index (χ3v) is 6.02. The first-order chi connectivity index (χ1) is 16.5. The van der Waals surface area contributed by atoms with Crippen molar-refractivity contribution < 1.29 is 14.1 Å². The summed E-state index contributed by atoms with van der Waals surface area (Å²) >= 11 is 0. The fraction of sp³-hybridized carbons (Fsp3) is 0.360. The Labute approximate surface area is 196 Å². The minimum atomic E-state index is -0.247. The summed E-state index contributed by atoms with van der Waals surface area (Å²) in [6.07, 6.45) is 8.67. The number of Topliss-reactive ketones (excluding diaryl/α,β-unsaturated/α-hetero) is 1. The van der Waals surface area contributed by atoms with Gasteiger partial charge < -0.3 is 24.5 Å². The summed E-state index contributed by atoms with van der Waals surface area (Å²) in [4.78, 5) is 32.4. The molecule has 4 aromatic rings. The Morgan fingerprint density at radius 3 is 2.85 bits per heavy atom. The minimum Gasteiger partial charge on any atom is -0.496 e. The number of nitrogens with zero attached hydrogens (tertiary/aromatic N) is 3. The molecule has 4 rings (SSSR count). The average Bonchev–Trinajstić information content (AvgIpc) is 3.56. The number of benzene rings is 1. The molecule has 0 saturated heterocycles. The summed E-state index contributed by atoms with van der Waals surface area (Å²) in [5.74, 6) is 1.28. The molecule has 0 aliphatic carbocycles. The van der Waals surface area contributed by atoms with E-state index in [4.69, 9.17) is 15.0 Å². The smallest absolute Gasteiger partial charge is 0.258 e. The lowest BCUT2D eigenvalue weighted by molar-refractivity contribution is 0.0970. The fourth-order valence-electron chi connectivity index (χ4n) is 4.05. The van der Waals surface area contributed by atoms with Crippen molar-refractivity contribution in [2.24, 2.45) is 5.73 Å². The molecular formula is C25H29N5O4. The van der Waals surface area contributed by atoms with E-state index < -0.39 is 0 Å². The second-order valence-electron chi connectivity index (χ2n) is 8.24. The molecule has 3 aromatic heterocycles. The van der Waals surface area contributed by atoms with Crippen molar-refractivity contribution in [1.82, 2.24) is 19.7 Å². The van der Waals surface area contributed by atoms with Crippen LogP contribution in [0.1, 0.15) is 61.4 Å². The van der Waals surface area contributed by atoms with E-state index in [2.05, 4.69) is 15.1 Å². The molecular weight excluding hydrogens is 434 g/mol. The van der Waals surface area contributed by atoms with Gasteiger partial charge in [-0.3, -0.25) is 9.59 Å². The average molecular weight is 464 g/mol. The van der Waals surface area contributed by atoms with Gasteiger partial charge in [0.1, 0.15) is 23.5 Å². The van der Waals surface area contributed by atoms with Crippen molar-refractivity contribution in [1.29, 1.82) is 0 Å². The highest BCUT2D eigenvalue weighted by Crippen LogP contribution is 2.33. The molecule has 0 unspecified atom stereocenters. The number of nitrogens with one attached hydrogen (secondary N) is 1. The number of nitrogens with two attached hydrogens (primary N) is 1. The Morgan fingerprint density at radius 1 is 1.26 bits per heavy atom. The van der Waals surface area contributed by atoms with Crippen molar-refractivity contribution in [3.63, 3.8) is 0 Å². The number of rotatable bonds is 11. The summed E-state index contributed by atoms with van der Waals surface area (Å²) in [6.45, 7) is 2.55. The SMILES string of the molecule is CCn1ccc2cc(-c3cnc([C@@H](N)CCCCCC(=O)c4ccon4)[nH]3)c(OC)cc2c1=O. The summed E-state index contributed by atoms with van der Waals surface area (Å²) in [5, 5.41) is 5.12. The Kier molecular flexibility index (Phi) is 7.22. The number of ether oxygens (including phenoxy) is 1. The van der Waals surface area contributed by atoms with Crippen LogP contribution in [0.2, 0.25) is 0 Å². The number of pyridine rings is 1. The number of ketones is 1. The number of imidazole rings is 1. The Hall–Kier alpha value is -3.72. The van der Waals surface area contributed by atoms with Crippen molar-refractivity contribution in [2.75, 3.05) is 7.11 Å². The number of H-pyrrole nitrogens is 1. The van der Waals surface area contributed by atoms with E-state index in [9.17, 15) is 9.59 Å². The minimum absolute atomic E-state index is 0.00771. The zero-order valence-corrected chi connectivity index (χ0v) is 19.4. The highest BCUT2D eigenvalue weighted by Gasteiger charge is 2.16. The molecule has 3 N–H and O–H groups in total. The van der Waals surface area contributed by atoms with Crippen LogP contribution in [0.3, 0.4) is 0 Å². The van der Waals surface area contributed by atoms with E-state index in [0.29, 0.717) is 35.6 Å². The van der Waals surface area contributed by atoms with E-state index in [0.717, 1.165) is 42.3 Å². The number of carbonyl (C=O) groups is 1. The first-order valence-corrected chi connectivity index (χ1v) is 11.5. The van der Waals surface area contributed by atoms with Gasteiger partial charge >= 0.3 is 0 Å². The van der Waals surface area contributed by atoms with Crippen LogP contribution in [0.5, 0.6) is 5.75 Å². The van der Waals surface area contributed by atoms with Crippen LogP contribution < -0.4 is 16.0 Å². The number of carbonyl (C=O) groups excluding carboxylic acids is 1. The quantitative estimate of drug-likeness (QED) is 0.251. The molecule has 0 fully saturated rings. The van der Waals surface area contributed by atoms with Crippen LogP contribution in [-0.2, 0) is 6.54 Å². The van der Waals surface area contributed by atoms with Gasteiger partial charge in [-0.15, -0.1) is 0 Å². The largest absolute Gasteiger partial charge is 0.496 e. The number of aryl methyl sites for hydroxylation is 1. The van der Waals surface area contributed by atoms with Crippen LogP contribution in [0.25, 0.3) is 22.0 Å². The lowest BCUT2D eigenvalue weighted by Gasteiger charge is -2.11. The molecule has 0 aliphatic rings. The summed E-state index contributed by atoms with van der Waals surface area (Å²) in [5.41, 5.74) is 8.29. The van der Waals surface area contributed by atoms with Crippen LogP contribution >= 0.6 is 0 Å². The molecule has 0 saturated carbocycles. The van der Waals surface area contributed by atoms with Crippen LogP contribution in [0, 0.1) is 0 Å². The van der Waals surface area contributed by atoms with Crippen molar-refractivity contribution in [3.05, 3.63) is 64.8 Å². The van der Waals surface area contributed by atoms with Crippen molar-refractivity contribution in [2.45, 2.75) is 51.6 Å². The number of methoxy groups -OCH3 is 1. The third kappa shape index (κ3) is 4.94. The third-order valence-electron chi connectivity index (χ3n) is 6.02. The monoisotopic (exact) mass is 463 g/mol. The zero-order chi connectivity index (χ0) is 24.1. The Morgan fingerprint density at radius 2 is 2.12 bits per heavy atom. The van der Waals surface area contributed by atoms with Crippen molar-refractivity contribution in [3.8, 4) is 17.0 Å². The summed E-state index contributed by atoms with van der Waals surface area (Å²) in [7, 11) is 1.59. The van der Waals surface area contributed by atoms with Gasteiger partial charge in [0.2, 0.25) is 0 Å². The van der Waals surface area contributed by atoms with E-state index in [-0.39, 0.29) is 17.4 Å². The first-order valence-electron chi connectivity index (χ1n) is 11.5. The number of hydrogen-bond acceptors (Lipinski definition) is 7. The summed E-state index contributed by atoms with van der Waals surface area (Å²) in [6, 6.07) is 6.98. The highest BCUT2D eigenvalue weighted by atomic mass is 16.5. The Balaban J connectivity index is 1.40. The molecule has 0 amide bonds. The van der Waals surface area contributed by atoms with E-state index in [1.54, 1.807) is 36.2 Å². The van der Waals surface area contributed by atoms with Crippen LogP contribution in [0.15, 0.2) is 52.2 Å². The molecule has 34 heavy (non-hydrogen) atoms.